The maximum absolute atomic E-state index is 12.0. The summed E-state index contributed by atoms with van der Waals surface area (Å²) in [6, 6.07) is 7.34. The van der Waals surface area contributed by atoms with E-state index in [1.165, 1.54) is 0 Å². The number of benzene rings is 1. The molecule has 2 atom stereocenters. The van der Waals surface area contributed by atoms with E-state index in [0.29, 0.717) is 11.4 Å². The number of ether oxygens (including phenoxy) is 1. The minimum Gasteiger partial charge on any atom is -0.495 e. The van der Waals surface area contributed by atoms with Crippen molar-refractivity contribution in [2.45, 2.75) is 32.4 Å². The second-order valence-corrected chi connectivity index (χ2v) is 5.51. The zero-order valence-corrected chi connectivity index (χ0v) is 11.6. The van der Waals surface area contributed by atoms with Crippen molar-refractivity contribution in [2.24, 2.45) is 11.1 Å². The van der Waals surface area contributed by atoms with Gasteiger partial charge in [-0.15, -0.1) is 0 Å². The molecule has 19 heavy (non-hydrogen) atoms. The van der Waals surface area contributed by atoms with Gasteiger partial charge in [-0.05, 0) is 18.6 Å². The lowest BCUT2D eigenvalue weighted by molar-refractivity contribution is 0.0815. The molecule has 1 fully saturated rings. The van der Waals surface area contributed by atoms with Gasteiger partial charge in [0.2, 0.25) is 0 Å². The number of para-hydroxylation sites is 2. The number of anilines is 1. The second kappa shape index (κ2) is 5.09. The standard InChI is InChI=1S/C14H21N3O2/c1-14(2)11(15)8-12(14)17-13(18)16-9-6-4-5-7-10(9)19-3/h4-7,11-12H,8,15H2,1-3H3,(H2,16,17,18). The first-order chi connectivity index (χ1) is 8.95. The highest BCUT2D eigenvalue weighted by Crippen LogP contribution is 2.39. The number of carbonyl (C=O) groups is 1. The van der Waals surface area contributed by atoms with Crippen LogP contribution in [0.2, 0.25) is 0 Å². The predicted octanol–water partition coefficient (Wildman–Crippen LogP) is 1.94. The summed E-state index contributed by atoms with van der Waals surface area (Å²) < 4.78 is 5.19. The number of nitrogens with two attached hydrogens (primary N) is 1. The summed E-state index contributed by atoms with van der Waals surface area (Å²) in [7, 11) is 1.58. The third kappa shape index (κ3) is 2.66. The summed E-state index contributed by atoms with van der Waals surface area (Å²) in [5.74, 6) is 0.641. The Hall–Kier alpha value is -1.75. The minimum absolute atomic E-state index is 0.0574. The fourth-order valence-corrected chi connectivity index (χ4v) is 2.27. The number of methoxy groups -OCH3 is 1. The SMILES string of the molecule is COc1ccccc1NC(=O)NC1CC(N)C1(C)C. The first kappa shape index (κ1) is 13.7. The Kier molecular flexibility index (Phi) is 3.66. The lowest BCUT2D eigenvalue weighted by Crippen LogP contribution is -2.64. The third-order valence-corrected chi connectivity index (χ3v) is 4.00. The Morgan fingerprint density at radius 3 is 2.68 bits per heavy atom. The quantitative estimate of drug-likeness (QED) is 0.780. The largest absolute Gasteiger partial charge is 0.495 e. The van der Waals surface area contributed by atoms with E-state index < -0.39 is 0 Å². The highest BCUT2D eigenvalue weighted by atomic mass is 16.5. The van der Waals surface area contributed by atoms with Crippen molar-refractivity contribution in [3.8, 4) is 5.75 Å². The summed E-state index contributed by atoms with van der Waals surface area (Å²) in [4.78, 5) is 12.0. The van der Waals surface area contributed by atoms with Crippen LogP contribution in [0.3, 0.4) is 0 Å². The van der Waals surface area contributed by atoms with Crippen molar-refractivity contribution in [3.63, 3.8) is 0 Å². The van der Waals surface area contributed by atoms with Crippen LogP contribution in [0.4, 0.5) is 10.5 Å². The number of hydrogen-bond acceptors (Lipinski definition) is 3. The average Bonchev–Trinajstić information content (AvgIpc) is 2.39. The number of hydrogen-bond donors (Lipinski definition) is 3. The molecule has 4 N–H and O–H groups in total. The van der Waals surface area contributed by atoms with E-state index in [1.807, 2.05) is 12.1 Å². The van der Waals surface area contributed by atoms with Gasteiger partial charge in [-0.1, -0.05) is 26.0 Å². The van der Waals surface area contributed by atoms with Crippen LogP contribution >= 0.6 is 0 Å². The van der Waals surface area contributed by atoms with Gasteiger partial charge >= 0.3 is 6.03 Å². The smallest absolute Gasteiger partial charge is 0.319 e. The third-order valence-electron chi connectivity index (χ3n) is 4.00. The average molecular weight is 263 g/mol. The zero-order chi connectivity index (χ0) is 14.0. The molecule has 0 spiro atoms. The van der Waals surface area contributed by atoms with Crippen LogP contribution in [0.1, 0.15) is 20.3 Å². The summed E-state index contributed by atoms with van der Waals surface area (Å²) in [5.41, 5.74) is 6.53. The fourth-order valence-electron chi connectivity index (χ4n) is 2.27. The summed E-state index contributed by atoms with van der Waals surface area (Å²) in [6.45, 7) is 4.13. The molecule has 1 aliphatic rings. The first-order valence-electron chi connectivity index (χ1n) is 6.41. The molecule has 1 aliphatic carbocycles. The lowest BCUT2D eigenvalue weighted by atomic mass is 9.63. The Morgan fingerprint density at radius 1 is 1.42 bits per heavy atom. The number of amides is 2. The van der Waals surface area contributed by atoms with Gasteiger partial charge in [0.05, 0.1) is 12.8 Å². The van der Waals surface area contributed by atoms with E-state index in [2.05, 4.69) is 24.5 Å². The van der Waals surface area contributed by atoms with Crippen molar-refractivity contribution in [1.29, 1.82) is 0 Å². The fraction of sp³-hybridized carbons (Fsp3) is 0.500. The molecule has 2 rings (SSSR count). The van der Waals surface area contributed by atoms with Gasteiger partial charge in [0, 0.05) is 17.5 Å². The van der Waals surface area contributed by atoms with Gasteiger partial charge in [0.25, 0.3) is 0 Å². The van der Waals surface area contributed by atoms with Crippen LogP contribution in [0.5, 0.6) is 5.75 Å². The zero-order valence-electron chi connectivity index (χ0n) is 11.6. The van der Waals surface area contributed by atoms with E-state index in [-0.39, 0.29) is 23.5 Å². The van der Waals surface area contributed by atoms with Crippen molar-refractivity contribution in [1.82, 2.24) is 5.32 Å². The molecule has 0 saturated heterocycles. The van der Waals surface area contributed by atoms with Crippen LogP contribution in [0.25, 0.3) is 0 Å². The highest BCUT2D eigenvalue weighted by molar-refractivity contribution is 5.91. The number of rotatable bonds is 3. The van der Waals surface area contributed by atoms with Crippen molar-refractivity contribution >= 4 is 11.7 Å². The molecule has 0 bridgehead atoms. The van der Waals surface area contributed by atoms with Crippen LogP contribution in [0.15, 0.2) is 24.3 Å². The van der Waals surface area contributed by atoms with E-state index in [4.69, 9.17) is 10.5 Å². The predicted molar refractivity (Wildman–Crippen MR) is 75.3 cm³/mol. The maximum Gasteiger partial charge on any atom is 0.319 e. The molecule has 0 radical (unpaired) electrons. The van der Waals surface area contributed by atoms with Gasteiger partial charge in [0.15, 0.2) is 0 Å². The minimum atomic E-state index is -0.227. The maximum atomic E-state index is 12.0. The van der Waals surface area contributed by atoms with Crippen LogP contribution in [-0.2, 0) is 0 Å². The van der Waals surface area contributed by atoms with Gasteiger partial charge in [0.1, 0.15) is 5.75 Å². The summed E-state index contributed by atoms with van der Waals surface area (Å²) in [5, 5.41) is 5.75. The monoisotopic (exact) mass is 263 g/mol. The topological polar surface area (TPSA) is 76.4 Å². The van der Waals surface area contributed by atoms with Crippen LogP contribution in [0, 0.1) is 5.41 Å². The number of urea groups is 1. The van der Waals surface area contributed by atoms with E-state index in [1.54, 1.807) is 19.2 Å². The molecule has 0 aromatic heterocycles. The van der Waals surface area contributed by atoms with Gasteiger partial charge < -0.3 is 21.1 Å². The molecule has 5 heteroatoms. The Morgan fingerprint density at radius 2 is 2.11 bits per heavy atom. The summed E-state index contributed by atoms with van der Waals surface area (Å²) >= 11 is 0. The highest BCUT2D eigenvalue weighted by Gasteiger charge is 2.46. The van der Waals surface area contributed by atoms with Crippen molar-refractivity contribution < 1.29 is 9.53 Å². The second-order valence-electron chi connectivity index (χ2n) is 5.51. The molecule has 104 valence electrons. The van der Waals surface area contributed by atoms with E-state index in [0.717, 1.165) is 6.42 Å². The molecule has 2 amide bonds. The summed E-state index contributed by atoms with van der Waals surface area (Å²) in [6.07, 6.45) is 0.812. The molecule has 2 unspecified atom stereocenters. The van der Waals surface area contributed by atoms with Gasteiger partial charge in [-0.25, -0.2) is 4.79 Å². The van der Waals surface area contributed by atoms with E-state index >= 15 is 0 Å². The van der Waals surface area contributed by atoms with Gasteiger partial charge in [-0.3, -0.25) is 0 Å². The number of nitrogens with one attached hydrogen (secondary N) is 2. The Balaban J connectivity index is 1.95. The van der Waals surface area contributed by atoms with Gasteiger partial charge in [-0.2, -0.15) is 0 Å². The van der Waals surface area contributed by atoms with Crippen LogP contribution < -0.4 is 21.1 Å². The van der Waals surface area contributed by atoms with Crippen molar-refractivity contribution in [3.05, 3.63) is 24.3 Å². The molecular formula is C14H21N3O2. The Bertz CT molecular complexity index is 474. The first-order valence-corrected chi connectivity index (χ1v) is 6.41. The lowest BCUT2D eigenvalue weighted by Gasteiger charge is -2.50. The molecule has 1 aromatic rings. The molecule has 1 aromatic carbocycles. The number of carbonyl (C=O) groups excluding carboxylic acids is 1. The van der Waals surface area contributed by atoms with Crippen molar-refractivity contribution in [2.75, 3.05) is 12.4 Å². The van der Waals surface area contributed by atoms with E-state index in [9.17, 15) is 4.79 Å². The molecule has 0 aliphatic heterocycles. The molecule has 1 saturated carbocycles. The molecule has 5 nitrogen and oxygen atoms in total. The molecular weight excluding hydrogens is 242 g/mol. The Labute approximate surface area is 113 Å². The normalized spacial score (nSPS) is 24.2. The van der Waals surface area contributed by atoms with Crippen LogP contribution in [-0.4, -0.2) is 25.2 Å². The molecule has 0 heterocycles.